The number of hydrogen-bond donors (Lipinski definition) is 0. The molecule has 2 aromatic carbocycles. The predicted octanol–water partition coefficient (Wildman–Crippen LogP) is 4.62. The van der Waals surface area contributed by atoms with Crippen LogP contribution in [0.3, 0.4) is 0 Å². The van der Waals surface area contributed by atoms with E-state index in [2.05, 4.69) is 57.2 Å². The van der Waals surface area contributed by atoms with Crippen molar-refractivity contribution in [3.63, 3.8) is 0 Å². The third-order valence-electron chi connectivity index (χ3n) is 5.82. The highest BCUT2D eigenvalue weighted by Gasteiger charge is 2.31. The first-order chi connectivity index (χ1) is 12.6. The van der Waals surface area contributed by atoms with Crippen LogP contribution in [-0.4, -0.2) is 30.6 Å². The highest BCUT2D eigenvalue weighted by molar-refractivity contribution is 9.10. The van der Waals surface area contributed by atoms with Gasteiger partial charge in [0.1, 0.15) is 0 Å². The molecule has 0 radical (unpaired) electrons. The Bertz CT molecular complexity index is 820. The molecule has 0 N–H and O–H groups in total. The zero-order valence-electron chi connectivity index (χ0n) is 15.1. The van der Waals surface area contributed by atoms with Crippen LogP contribution in [0.5, 0.6) is 0 Å². The lowest BCUT2D eigenvalue weighted by Crippen LogP contribution is -2.46. The van der Waals surface area contributed by atoms with Gasteiger partial charge in [-0.25, -0.2) is 4.79 Å². The Morgan fingerprint density at radius 1 is 1.15 bits per heavy atom. The highest BCUT2D eigenvalue weighted by Crippen LogP contribution is 2.33. The molecule has 1 aliphatic carbocycles. The van der Waals surface area contributed by atoms with E-state index in [0.29, 0.717) is 11.6 Å². The first-order valence-corrected chi connectivity index (χ1v) is 10.1. The van der Waals surface area contributed by atoms with Gasteiger partial charge in [0, 0.05) is 23.6 Å². The molecule has 0 aromatic heterocycles. The fourth-order valence-corrected chi connectivity index (χ4v) is 5.05. The second kappa shape index (κ2) is 7.53. The minimum absolute atomic E-state index is 0.301. The molecule has 0 spiro atoms. The lowest BCUT2D eigenvalue weighted by atomic mass is 9.80. The Hall–Kier alpha value is -1.65. The van der Waals surface area contributed by atoms with E-state index in [1.807, 2.05) is 6.07 Å². The number of benzene rings is 2. The Morgan fingerprint density at radius 3 is 2.65 bits per heavy atom. The number of ether oxygens (including phenoxy) is 1. The number of piperidine rings is 1. The maximum atomic E-state index is 11.8. The Morgan fingerprint density at radius 2 is 1.92 bits per heavy atom. The van der Waals surface area contributed by atoms with Gasteiger partial charge in [-0.05, 0) is 76.4 Å². The van der Waals surface area contributed by atoms with E-state index in [1.165, 1.54) is 37.5 Å². The standard InChI is InChI=1S/C22H24BrNO2/c1-26-22(25)20-9-7-16(11-21(20)23)14-24-13-15-6-8-19(24)12-18-5-3-2-4-17(18)10-15/h2-5,7,9,11,15,19H,6,8,10,12-14H2,1H3/t15-,19+/m1/s1. The number of methoxy groups -OCH3 is 1. The van der Waals surface area contributed by atoms with Crippen LogP contribution < -0.4 is 0 Å². The zero-order valence-corrected chi connectivity index (χ0v) is 16.7. The third kappa shape index (κ3) is 3.58. The minimum atomic E-state index is -0.301. The molecule has 136 valence electrons. The smallest absolute Gasteiger partial charge is 0.338 e. The van der Waals surface area contributed by atoms with E-state index in [4.69, 9.17) is 4.74 Å². The number of carbonyl (C=O) groups excluding carboxylic acids is 1. The first kappa shape index (κ1) is 17.7. The van der Waals surface area contributed by atoms with Gasteiger partial charge in [0.05, 0.1) is 12.7 Å². The second-order valence-electron chi connectivity index (χ2n) is 7.51. The molecule has 1 fully saturated rings. The molecule has 0 saturated carbocycles. The number of nitrogens with zero attached hydrogens (tertiary/aromatic N) is 1. The summed E-state index contributed by atoms with van der Waals surface area (Å²) in [5.41, 5.74) is 4.89. The first-order valence-electron chi connectivity index (χ1n) is 9.31. The van der Waals surface area contributed by atoms with E-state index >= 15 is 0 Å². The molecule has 2 aromatic rings. The number of rotatable bonds is 3. The minimum Gasteiger partial charge on any atom is -0.465 e. The van der Waals surface area contributed by atoms with Gasteiger partial charge in [-0.3, -0.25) is 4.90 Å². The summed E-state index contributed by atoms with van der Waals surface area (Å²) in [5.74, 6) is 0.441. The van der Waals surface area contributed by atoms with Crippen LogP contribution in [0.2, 0.25) is 0 Å². The van der Waals surface area contributed by atoms with Crippen molar-refractivity contribution in [1.29, 1.82) is 0 Å². The van der Waals surface area contributed by atoms with Gasteiger partial charge in [0.15, 0.2) is 0 Å². The number of halogens is 1. The SMILES string of the molecule is COC(=O)c1ccc(CN2C[C@@H]3CC[C@H]2Cc2ccccc2C3)cc1Br. The topological polar surface area (TPSA) is 29.5 Å². The molecule has 4 heteroatoms. The third-order valence-corrected chi connectivity index (χ3v) is 6.48. The zero-order chi connectivity index (χ0) is 18.1. The van der Waals surface area contributed by atoms with Crippen LogP contribution in [0.4, 0.5) is 0 Å². The summed E-state index contributed by atoms with van der Waals surface area (Å²) >= 11 is 3.52. The fourth-order valence-electron chi connectivity index (χ4n) is 4.46. The Kier molecular flexibility index (Phi) is 5.14. The monoisotopic (exact) mass is 413 g/mol. The summed E-state index contributed by atoms with van der Waals surface area (Å²) in [6.45, 7) is 2.10. The van der Waals surface area contributed by atoms with E-state index in [1.54, 1.807) is 5.56 Å². The molecule has 5 rings (SSSR count). The van der Waals surface area contributed by atoms with Gasteiger partial charge in [0.25, 0.3) is 0 Å². The molecule has 2 bridgehead atoms. The summed E-state index contributed by atoms with van der Waals surface area (Å²) in [6.07, 6.45) is 4.95. The quantitative estimate of drug-likeness (QED) is 0.687. The summed E-state index contributed by atoms with van der Waals surface area (Å²) in [6, 6.07) is 15.5. The number of hydrogen-bond acceptors (Lipinski definition) is 3. The lowest BCUT2D eigenvalue weighted by molar-refractivity contribution is 0.0599. The second-order valence-corrected chi connectivity index (χ2v) is 8.36. The van der Waals surface area contributed by atoms with E-state index in [-0.39, 0.29) is 5.97 Å². The highest BCUT2D eigenvalue weighted by atomic mass is 79.9. The maximum Gasteiger partial charge on any atom is 0.338 e. The summed E-state index contributed by atoms with van der Waals surface area (Å²) < 4.78 is 5.64. The summed E-state index contributed by atoms with van der Waals surface area (Å²) in [4.78, 5) is 14.4. The molecule has 26 heavy (non-hydrogen) atoms. The molecular weight excluding hydrogens is 390 g/mol. The van der Waals surface area contributed by atoms with Gasteiger partial charge in [-0.2, -0.15) is 0 Å². The normalized spacial score (nSPS) is 22.4. The average Bonchev–Trinajstić information content (AvgIpc) is 2.62. The number of carbonyl (C=O) groups is 1. The van der Waals surface area contributed by atoms with Crippen LogP contribution in [0.25, 0.3) is 0 Å². The van der Waals surface area contributed by atoms with Gasteiger partial charge >= 0.3 is 5.97 Å². The fraction of sp³-hybridized carbons (Fsp3) is 0.409. The van der Waals surface area contributed by atoms with Crippen LogP contribution >= 0.6 is 15.9 Å². The predicted molar refractivity (Wildman–Crippen MR) is 106 cm³/mol. The van der Waals surface area contributed by atoms with Crippen molar-refractivity contribution in [2.75, 3.05) is 13.7 Å². The van der Waals surface area contributed by atoms with Gasteiger partial charge in [0.2, 0.25) is 0 Å². The van der Waals surface area contributed by atoms with Crippen molar-refractivity contribution in [2.24, 2.45) is 5.92 Å². The van der Waals surface area contributed by atoms with Crippen molar-refractivity contribution in [3.05, 3.63) is 69.2 Å². The Balaban J connectivity index is 1.54. The molecule has 0 unspecified atom stereocenters. The van der Waals surface area contributed by atoms with Crippen molar-refractivity contribution >= 4 is 21.9 Å². The molecule has 3 nitrogen and oxygen atoms in total. The molecule has 2 heterocycles. The Labute approximate surface area is 163 Å². The van der Waals surface area contributed by atoms with Crippen molar-refractivity contribution in [3.8, 4) is 0 Å². The van der Waals surface area contributed by atoms with Gasteiger partial charge in [-0.15, -0.1) is 0 Å². The molecule has 2 aliphatic heterocycles. The van der Waals surface area contributed by atoms with E-state index < -0.39 is 0 Å². The number of esters is 1. The largest absolute Gasteiger partial charge is 0.465 e. The van der Waals surface area contributed by atoms with Crippen molar-refractivity contribution in [1.82, 2.24) is 4.90 Å². The van der Waals surface area contributed by atoms with Gasteiger partial charge in [-0.1, -0.05) is 30.3 Å². The van der Waals surface area contributed by atoms with E-state index in [9.17, 15) is 4.79 Å². The van der Waals surface area contributed by atoms with Crippen molar-refractivity contribution in [2.45, 2.75) is 38.3 Å². The molecular formula is C22H24BrNO2. The van der Waals surface area contributed by atoms with Crippen LogP contribution in [0.15, 0.2) is 46.9 Å². The molecule has 3 aliphatic rings. The maximum absolute atomic E-state index is 11.8. The van der Waals surface area contributed by atoms with Crippen LogP contribution in [-0.2, 0) is 24.1 Å². The molecule has 1 saturated heterocycles. The van der Waals surface area contributed by atoms with E-state index in [0.717, 1.165) is 29.9 Å². The average molecular weight is 414 g/mol. The van der Waals surface area contributed by atoms with Crippen LogP contribution in [0.1, 0.15) is 39.9 Å². The van der Waals surface area contributed by atoms with Crippen LogP contribution in [0, 0.1) is 5.92 Å². The lowest BCUT2D eigenvalue weighted by Gasteiger charge is -2.42. The molecule has 2 atom stereocenters. The summed E-state index contributed by atoms with van der Waals surface area (Å²) in [7, 11) is 1.41. The molecule has 0 amide bonds. The summed E-state index contributed by atoms with van der Waals surface area (Å²) in [5, 5.41) is 0. The number of fused-ring (bicyclic) bond motifs is 2. The van der Waals surface area contributed by atoms with Gasteiger partial charge < -0.3 is 4.74 Å². The van der Waals surface area contributed by atoms with Crippen molar-refractivity contribution < 1.29 is 9.53 Å².